The smallest absolute Gasteiger partial charge is 0.230 e. The third-order valence-electron chi connectivity index (χ3n) is 5.44. The van der Waals surface area contributed by atoms with Crippen molar-refractivity contribution >= 4 is 17.7 Å². The number of aryl methyl sites for hydroxylation is 1. The van der Waals surface area contributed by atoms with Crippen LogP contribution in [0.5, 0.6) is 5.75 Å². The number of hydrogen-bond acceptors (Lipinski definition) is 5. The first-order valence-electron chi connectivity index (χ1n) is 10.7. The molecule has 2 aromatic carbocycles. The number of aromatic nitrogens is 4. The Balaban J connectivity index is 1.35. The third-order valence-corrected chi connectivity index (χ3v) is 6.41. The maximum Gasteiger partial charge on any atom is 0.230 e. The summed E-state index contributed by atoms with van der Waals surface area (Å²) in [6.45, 7) is 5.19. The highest BCUT2D eigenvalue weighted by atomic mass is 32.2. The molecule has 0 saturated carbocycles. The first kappa shape index (κ1) is 22.7. The molecular formula is C25H27N5O2S. The summed E-state index contributed by atoms with van der Waals surface area (Å²) >= 11 is 1.40. The average molecular weight is 462 g/mol. The first-order valence-corrected chi connectivity index (χ1v) is 11.7. The van der Waals surface area contributed by atoms with Crippen LogP contribution in [0.4, 0.5) is 0 Å². The second kappa shape index (κ2) is 10.4. The number of imidazole rings is 1. The predicted molar refractivity (Wildman–Crippen MR) is 130 cm³/mol. The van der Waals surface area contributed by atoms with Gasteiger partial charge in [-0.15, -0.1) is 0 Å². The van der Waals surface area contributed by atoms with E-state index in [0.717, 1.165) is 33.5 Å². The Morgan fingerprint density at radius 2 is 1.94 bits per heavy atom. The van der Waals surface area contributed by atoms with E-state index in [2.05, 4.69) is 27.5 Å². The average Bonchev–Trinajstić information content (AvgIpc) is 3.41. The number of rotatable bonds is 9. The molecule has 0 radical (unpaired) electrons. The molecule has 4 rings (SSSR count). The number of ether oxygens (including phenoxy) is 1. The number of nitrogens with one attached hydrogen (secondary N) is 1. The molecule has 4 aromatic rings. The Morgan fingerprint density at radius 1 is 1.12 bits per heavy atom. The molecule has 0 saturated heterocycles. The minimum absolute atomic E-state index is 0.0465. The zero-order valence-corrected chi connectivity index (χ0v) is 19.8. The highest BCUT2D eigenvalue weighted by Gasteiger charge is 2.14. The SMILES string of the molecule is COc1cccc(-n2ccnc2SCC(=O)NCc2c(C)nn(Cc3ccccc3)c2C)c1. The van der Waals surface area contributed by atoms with Gasteiger partial charge in [-0.2, -0.15) is 5.10 Å². The van der Waals surface area contributed by atoms with Gasteiger partial charge in [0.2, 0.25) is 5.91 Å². The van der Waals surface area contributed by atoms with E-state index in [4.69, 9.17) is 4.74 Å². The van der Waals surface area contributed by atoms with Gasteiger partial charge < -0.3 is 10.1 Å². The van der Waals surface area contributed by atoms with Gasteiger partial charge >= 0.3 is 0 Å². The molecule has 0 spiro atoms. The molecule has 2 heterocycles. The van der Waals surface area contributed by atoms with Crippen LogP contribution < -0.4 is 10.1 Å². The number of amides is 1. The molecule has 8 heteroatoms. The van der Waals surface area contributed by atoms with Crippen molar-refractivity contribution in [3.8, 4) is 11.4 Å². The lowest BCUT2D eigenvalue weighted by Gasteiger charge is -2.10. The number of carbonyl (C=O) groups is 1. The number of nitrogens with zero attached hydrogens (tertiary/aromatic N) is 4. The minimum atomic E-state index is -0.0465. The molecule has 7 nitrogen and oxygen atoms in total. The molecule has 170 valence electrons. The molecule has 0 aliphatic carbocycles. The Kier molecular flexibility index (Phi) is 7.14. The highest BCUT2D eigenvalue weighted by Crippen LogP contribution is 2.23. The summed E-state index contributed by atoms with van der Waals surface area (Å²) in [5.41, 5.74) is 5.19. The largest absolute Gasteiger partial charge is 0.497 e. The Bertz CT molecular complexity index is 1230. The van der Waals surface area contributed by atoms with Gasteiger partial charge in [0, 0.05) is 36.3 Å². The summed E-state index contributed by atoms with van der Waals surface area (Å²) in [5, 5.41) is 8.44. The summed E-state index contributed by atoms with van der Waals surface area (Å²) in [5.74, 6) is 1.00. The van der Waals surface area contributed by atoms with Gasteiger partial charge in [-0.05, 0) is 31.5 Å². The summed E-state index contributed by atoms with van der Waals surface area (Å²) in [6.07, 6.45) is 3.61. The Hall–Kier alpha value is -3.52. The predicted octanol–water partition coefficient (Wildman–Crippen LogP) is 4.15. The number of benzene rings is 2. The number of methoxy groups -OCH3 is 1. The van der Waals surface area contributed by atoms with E-state index < -0.39 is 0 Å². The van der Waals surface area contributed by atoms with Crippen molar-refractivity contribution in [2.75, 3.05) is 12.9 Å². The van der Waals surface area contributed by atoms with Crippen LogP contribution >= 0.6 is 11.8 Å². The number of carbonyl (C=O) groups excluding carboxylic acids is 1. The first-order chi connectivity index (χ1) is 16.0. The van der Waals surface area contributed by atoms with Crippen LogP contribution in [0, 0.1) is 13.8 Å². The van der Waals surface area contributed by atoms with Gasteiger partial charge in [-0.3, -0.25) is 14.0 Å². The van der Waals surface area contributed by atoms with E-state index in [0.29, 0.717) is 13.1 Å². The normalized spacial score (nSPS) is 10.9. The van der Waals surface area contributed by atoms with Crippen LogP contribution in [-0.2, 0) is 17.9 Å². The van der Waals surface area contributed by atoms with E-state index >= 15 is 0 Å². The molecule has 0 atom stereocenters. The fourth-order valence-corrected chi connectivity index (χ4v) is 4.42. The monoisotopic (exact) mass is 461 g/mol. The fourth-order valence-electron chi connectivity index (χ4n) is 3.62. The lowest BCUT2D eigenvalue weighted by molar-refractivity contribution is -0.118. The molecule has 2 aromatic heterocycles. The van der Waals surface area contributed by atoms with Gasteiger partial charge in [-0.1, -0.05) is 48.2 Å². The van der Waals surface area contributed by atoms with E-state index in [-0.39, 0.29) is 11.7 Å². The van der Waals surface area contributed by atoms with Crippen LogP contribution in [0.15, 0.2) is 72.1 Å². The van der Waals surface area contributed by atoms with E-state index in [1.54, 1.807) is 13.3 Å². The second-order valence-corrected chi connectivity index (χ2v) is 8.58. The fraction of sp³-hybridized carbons (Fsp3) is 0.240. The maximum absolute atomic E-state index is 12.6. The summed E-state index contributed by atoms with van der Waals surface area (Å²) in [4.78, 5) is 17.0. The van der Waals surface area contributed by atoms with Crippen molar-refractivity contribution in [1.82, 2.24) is 24.6 Å². The molecule has 0 unspecified atom stereocenters. The van der Waals surface area contributed by atoms with Gasteiger partial charge in [0.1, 0.15) is 5.75 Å². The van der Waals surface area contributed by atoms with Gasteiger partial charge in [0.25, 0.3) is 0 Å². The Morgan fingerprint density at radius 3 is 2.73 bits per heavy atom. The maximum atomic E-state index is 12.6. The molecule has 33 heavy (non-hydrogen) atoms. The molecule has 0 fully saturated rings. The van der Waals surface area contributed by atoms with Crippen molar-refractivity contribution in [2.45, 2.75) is 32.1 Å². The van der Waals surface area contributed by atoms with E-state index in [1.807, 2.05) is 71.8 Å². The quantitative estimate of drug-likeness (QED) is 0.379. The summed E-state index contributed by atoms with van der Waals surface area (Å²) in [7, 11) is 1.64. The molecule has 0 aliphatic rings. The van der Waals surface area contributed by atoms with Crippen LogP contribution in [-0.4, -0.2) is 38.1 Å². The van der Waals surface area contributed by atoms with Crippen molar-refractivity contribution in [3.63, 3.8) is 0 Å². The summed E-state index contributed by atoms with van der Waals surface area (Å²) in [6, 6.07) is 18.0. The van der Waals surface area contributed by atoms with Crippen LogP contribution in [0.2, 0.25) is 0 Å². The zero-order valence-electron chi connectivity index (χ0n) is 19.0. The topological polar surface area (TPSA) is 74.0 Å². The lowest BCUT2D eigenvalue weighted by atomic mass is 10.2. The summed E-state index contributed by atoms with van der Waals surface area (Å²) < 4.78 is 9.25. The van der Waals surface area contributed by atoms with Crippen molar-refractivity contribution in [2.24, 2.45) is 0 Å². The van der Waals surface area contributed by atoms with Crippen molar-refractivity contribution in [3.05, 3.63) is 89.5 Å². The van der Waals surface area contributed by atoms with Crippen LogP contribution in [0.1, 0.15) is 22.5 Å². The molecule has 0 aliphatic heterocycles. The third kappa shape index (κ3) is 5.46. The second-order valence-electron chi connectivity index (χ2n) is 7.64. The van der Waals surface area contributed by atoms with Gasteiger partial charge in [0.05, 0.1) is 30.8 Å². The van der Waals surface area contributed by atoms with Crippen molar-refractivity contribution in [1.29, 1.82) is 0 Å². The Labute approximate surface area is 197 Å². The highest BCUT2D eigenvalue weighted by molar-refractivity contribution is 7.99. The number of hydrogen-bond donors (Lipinski definition) is 1. The molecule has 0 bridgehead atoms. The lowest BCUT2D eigenvalue weighted by Crippen LogP contribution is -2.25. The number of thioether (sulfide) groups is 1. The van der Waals surface area contributed by atoms with Gasteiger partial charge in [-0.25, -0.2) is 4.98 Å². The zero-order chi connectivity index (χ0) is 23.2. The standard InChI is InChI=1S/C25H27N5O2S/c1-18-23(19(2)30(28-18)16-20-8-5-4-6-9-20)15-27-24(31)17-33-25-26-12-13-29(25)21-10-7-11-22(14-21)32-3/h4-14H,15-17H2,1-3H3,(H,27,31). The van der Waals surface area contributed by atoms with E-state index in [9.17, 15) is 4.79 Å². The minimum Gasteiger partial charge on any atom is -0.497 e. The molecule has 1 N–H and O–H groups in total. The van der Waals surface area contributed by atoms with E-state index in [1.165, 1.54) is 17.3 Å². The van der Waals surface area contributed by atoms with Crippen LogP contribution in [0.3, 0.4) is 0 Å². The molecule has 1 amide bonds. The molecular weight excluding hydrogens is 434 g/mol. The van der Waals surface area contributed by atoms with Crippen LogP contribution in [0.25, 0.3) is 5.69 Å². The van der Waals surface area contributed by atoms with Crippen molar-refractivity contribution < 1.29 is 9.53 Å². The van der Waals surface area contributed by atoms with Gasteiger partial charge in [0.15, 0.2) is 5.16 Å².